The van der Waals surface area contributed by atoms with Gasteiger partial charge in [-0.05, 0) is 37.3 Å². The smallest absolute Gasteiger partial charge is 0.374 e. The Labute approximate surface area is 136 Å². The molecule has 0 aliphatic rings. The quantitative estimate of drug-likeness (QED) is 0.888. The number of nitriles is 1. The van der Waals surface area contributed by atoms with E-state index >= 15 is 0 Å². The Bertz CT molecular complexity index is 781. The first kappa shape index (κ1) is 17.3. The third-order valence-electron chi connectivity index (χ3n) is 3.27. The lowest BCUT2D eigenvalue weighted by atomic mass is 10.1. The molecule has 7 heteroatoms. The summed E-state index contributed by atoms with van der Waals surface area (Å²) >= 11 is 0. The van der Waals surface area contributed by atoms with Crippen LogP contribution in [0, 0.1) is 11.3 Å². The van der Waals surface area contributed by atoms with Gasteiger partial charge in [-0.3, -0.25) is 4.79 Å². The molecule has 1 unspecified atom stereocenters. The number of nitrogens with one attached hydrogen (secondary N) is 2. The van der Waals surface area contributed by atoms with Crippen molar-refractivity contribution >= 4 is 17.3 Å². The van der Waals surface area contributed by atoms with Gasteiger partial charge in [-0.2, -0.15) is 18.4 Å². The third-order valence-corrected chi connectivity index (χ3v) is 3.27. The van der Waals surface area contributed by atoms with E-state index in [9.17, 15) is 18.0 Å². The molecule has 0 aliphatic carbocycles. The molecule has 0 radical (unpaired) electrons. The third kappa shape index (κ3) is 4.26. The van der Waals surface area contributed by atoms with Crippen LogP contribution in [0.25, 0.3) is 0 Å². The minimum Gasteiger partial charge on any atom is -0.374 e. The highest BCUT2D eigenvalue weighted by molar-refractivity contribution is 5.97. The second kappa shape index (κ2) is 7.04. The zero-order valence-corrected chi connectivity index (χ0v) is 12.7. The Balaban J connectivity index is 2.08. The zero-order chi connectivity index (χ0) is 17.7. The monoisotopic (exact) mass is 333 g/mol. The predicted molar refractivity (Wildman–Crippen MR) is 84.3 cm³/mol. The maximum Gasteiger partial charge on any atom is 0.416 e. The van der Waals surface area contributed by atoms with E-state index in [0.717, 1.165) is 12.1 Å². The number of carbonyl (C=O) groups is 1. The first-order valence-corrected chi connectivity index (χ1v) is 7.05. The fourth-order valence-corrected chi connectivity index (χ4v) is 2.03. The number of rotatable bonds is 4. The summed E-state index contributed by atoms with van der Waals surface area (Å²) in [5.74, 6) is -0.463. The number of carbonyl (C=O) groups excluding carboxylic acids is 1. The molecule has 1 amide bonds. The van der Waals surface area contributed by atoms with Gasteiger partial charge in [0.25, 0.3) is 0 Å². The molecular weight excluding hydrogens is 319 g/mol. The number of halogens is 3. The van der Waals surface area contributed by atoms with Crippen LogP contribution in [0.5, 0.6) is 0 Å². The Hall–Kier alpha value is -3.01. The molecule has 2 rings (SSSR count). The molecule has 0 spiro atoms. The van der Waals surface area contributed by atoms with Crippen LogP contribution < -0.4 is 10.6 Å². The molecule has 1 atom stereocenters. The van der Waals surface area contributed by atoms with Gasteiger partial charge in [0.2, 0.25) is 5.91 Å². The molecule has 24 heavy (non-hydrogen) atoms. The molecule has 0 saturated heterocycles. The summed E-state index contributed by atoms with van der Waals surface area (Å²) in [6.07, 6.45) is -4.45. The standard InChI is InChI=1S/C17H14F3N3O/c1-11(16(24)23-15-8-3-2-5-12(15)10-21)22-14-7-4-6-13(9-14)17(18,19)20/h2-9,11,22H,1H3,(H,23,24). The van der Waals surface area contributed by atoms with E-state index in [0.29, 0.717) is 11.3 Å². The minimum atomic E-state index is -4.45. The molecule has 2 N–H and O–H groups in total. The number of para-hydroxylation sites is 1. The van der Waals surface area contributed by atoms with Crippen molar-refractivity contribution in [2.45, 2.75) is 19.1 Å². The van der Waals surface area contributed by atoms with E-state index in [1.54, 1.807) is 24.3 Å². The molecule has 2 aromatic carbocycles. The van der Waals surface area contributed by atoms with Gasteiger partial charge in [0.15, 0.2) is 0 Å². The highest BCUT2D eigenvalue weighted by Gasteiger charge is 2.30. The van der Waals surface area contributed by atoms with Crippen molar-refractivity contribution in [1.82, 2.24) is 0 Å². The second-order valence-corrected chi connectivity index (χ2v) is 5.09. The minimum absolute atomic E-state index is 0.182. The topological polar surface area (TPSA) is 64.9 Å². The summed E-state index contributed by atoms with van der Waals surface area (Å²) < 4.78 is 38.1. The number of hydrogen-bond acceptors (Lipinski definition) is 3. The lowest BCUT2D eigenvalue weighted by Gasteiger charge is -2.17. The Morgan fingerprint density at radius 2 is 1.88 bits per heavy atom. The van der Waals surface area contributed by atoms with Crippen LogP contribution in [0.2, 0.25) is 0 Å². The van der Waals surface area contributed by atoms with Crippen LogP contribution in [0.1, 0.15) is 18.1 Å². The van der Waals surface area contributed by atoms with Gasteiger partial charge in [0.1, 0.15) is 12.1 Å². The lowest BCUT2D eigenvalue weighted by Crippen LogP contribution is -2.32. The highest BCUT2D eigenvalue weighted by atomic mass is 19.4. The predicted octanol–water partition coefficient (Wildman–Crippen LogP) is 4.02. The van der Waals surface area contributed by atoms with Crippen LogP contribution in [0.3, 0.4) is 0 Å². The van der Waals surface area contributed by atoms with E-state index in [-0.39, 0.29) is 5.69 Å². The molecule has 0 saturated carbocycles. The molecule has 0 fully saturated rings. The molecule has 124 valence electrons. The molecule has 0 aromatic heterocycles. The lowest BCUT2D eigenvalue weighted by molar-refractivity contribution is -0.137. The van der Waals surface area contributed by atoms with Crippen LogP contribution in [-0.4, -0.2) is 11.9 Å². The first-order valence-electron chi connectivity index (χ1n) is 7.05. The molecule has 0 bridgehead atoms. The van der Waals surface area contributed by atoms with Gasteiger partial charge >= 0.3 is 6.18 Å². The Kier molecular flexibility index (Phi) is 5.09. The summed E-state index contributed by atoms with van der Waals surface area (Å²) in [5.41, 5.74) is 0.0378. The summed E-state index contributed by atoms with van der Waals surface area (Å²) in [4.78, 5) is 12.2. The average molecular weight is 333 g/mol. The molecular formula is C17H14F3N3O. The zero-order valence-electron chi connectivity index (χ0n) is 12.7. The summed E-state index contributed by atoms with van der Waals surface area (Å²) in [6.45, 7) is 1.52. The normalized spacial score (nSPS) is 12.1. The van der Waals surface area contributed by atoms with Gasteiger partial charge in [-0.25, -0.2) is 0 Å². The number of benzene rings is 2. The van der Waals surface area contributed by atoms with Gasteiger partial charge in [0, 0.05) is 5.69 Å². The number of hydrogen-bond donors (Lipinski definition) is 2. The Morgan fingerprint density at radius 3 is 2.54 bits per heavy atom. The van der Waals surface area contributed by atoms with E-state index < -0.39 is 23.7 Å². The fraction of sp³-hybridized carbons (Fsp3) is 0.176. The van der Waals surface area contributed by atoms with Crippen LogP contribution in [-0.2, 0) is 11.0 Å². The van der Waals surface area contributed by atoms with Gasteiger partial charge < -0.3 is 10.6 Å². The Morgan fingerprint density at radius 1 is 1.17 bits per heavy atom. The van der Waals surface area contributed by atoms with E-state index in [4.69, 9.17) is 5.26 Å². The maximum absolute atomic E-state index is 12.7. The SMILES string of the molecule is CC(Nc1cccc(C(F)(F)F)c1)C(=O)Nc1ccccc1C#N. The molecule has 4 nitrogen and oxygen atoms in total. The number of anilines is 2. The van der Waals surface area contributed by atoms with E-state index in [1.165, 1.54) is 19.1 Å². The number of amides is 1. The maximum atomic E-state index is 12.7. The molecule has 0 heterocycles. The van der Waals surface area contributed by atoms with Crippen molar-refractivity contribution in [3.63, 3.8) is 0 Å². The summed E-state index contributed by atoms with van der Waals surface area (Å²) in [7, 11) is 0. The van der Waals surface area contributed by atoms with Crippen molar-refractivity contribution in [3.8, 4) is 6.07 Å². The van der Waals surface area contributed by atoms with E-state index in [1.807, 2.05) is 6.07 Å². The van der Waals surface area contributed by atoms with E-state index in [2.05, 4.69) is 10.6 Å². The van der Waals surface area contributed by atoms with Crippen LogP contribution in [0.15, 0.2) is 48.5 Å². The average Bonchev–Trinajstić information content (AvgIpc) is 2.54. The van der Waals surface area contributed by atoms with Crippen LogP contribution >= 0.6 is 0 Å². The van der Waals surface area contributed by atoms with Gasteiger partial charge in [-0.1, -0.05) is 18.2 Å². The van der Waals surface area contributed by atoms with Gasteiger partial charge in [0.05, 0.1) is 16.8 Å². The number of nitrogens with zero attached hydrogens (tertiary/aromatic N) is 1. The van der Waals surface area contributed by atoms with Crippen molar-refractivity contribution < 1.29 is 18.0 Å². The fourth-order valence-electron chi connectivity index (χ4n) is 2.03. The highest BCUT2D eigenvalue weighted by Crippen LogP contribution is 2.30. The second-order valence-electron chi connectivity index (χ2n) is 5.09. The molecule has 0 aliphatic heterocycles. The van der Waals surface area contributed by atoms with Crippen molar-refractivity contribution in [2.75, 3.05) is 10.6 Å². The largest absolute Gasteiger partial charge is 0.416 e. The molecule has 2 aromatic rings. The van der Waals surface area contributed by atoms with Crippen molar-refractivity contribution in [3.05, 3.63) is 59.7 Å². The van der Waals surface area contributed by atoms with Gasteiger partial charge in [-0.15, -0.1) is 0 Å². The van der Waals surface area contributed by atoms with Crippen molar-refractivity contribution in [2.24, 2.45) is 0 Å². The van der Waals surface area contributed by atoms with Crippen LogP contribution in [0.4, 0.5) is 24.5 Å². The van der Waals surface area contributed by atoms with Crippen molar-refractivity contribution in [1.29, 1.82) is 5.26 Å². The first-order chi connectivity index (χ1) is 11.3. The summed E-state index contributed by atoms with van der Waals surface area (Å²) in [6, 6.07) is 12.2. The number of alkyl halides is 3. The summed E-state index contributed by atoms with van der Waals surface area (Å²) in [5, 5.41) is 14.3.